The Kier molecular flexibility index (Phi) is 1.91. The van der Waals surface area contributed by atoms with E-state index in [4.69, 9.17) is 17.3 Å². The van der Waals surface area contributed by atoms with Crippen LogP contribution in [0.5, 0.6) is 0 Å². The van der Waals surface area contributed by atoms with Crippen LogP contribution in [-0.2, 0) is 0 Å². The highest BCUT2D eigenvalue weighted by atomic mass is 35.5. The summed E-state index contributed by atoms with van der Waals surface area (Å²) in [6.45, 7) is 0. The van der Waals surface area contributed by atoms with Gasteiger partial charge in [-0.15, -0.1) is 11.3 Å². The Morgan fingerprint density at radius 3 is 2.82 bits per heavy atom. The molecule has 0 amide bonds. The lowest BCUT2D eigenvalue weighted by molar-refractivity contribution is 0.636. The topological polar surface area (TPSA) is 26.0 Å². The minimum Gasteiger partial charge on any atom is -0.324 e. The molecular formula is C8H10ClNS. The Bertz CT molecular complexity index is 254. The second-order valence-electron chi connectivity index (χ2n) is 3.05. The number of hydrogen-bond acceptors (Lipinski definition) is 2. The number of rotatable bonds is 2. The lowest BCUT2D eigenvalue weighted by atomic mass is 10.1. The van der Waals surface area contributed by atoms with Gasteiger partial charge < -0.3 is 5.73 Å². The summed E-state index contributed by atoms with van der Waals surface area (Å²) in [4.78, 5) is 0. The average molecular weight is 188 g/mol. The zero-order valence-corrected chi connectivity index (χ0v) is 7.66. The SMILES string of the molecule is N[C@@H](c1csc(Cl)c1)C1CC1. The normalized spacial score (nSPS) is 20.2. The van der Waals surface area contributed by atoms with Crippen LogP contribution in [0.3, 0.4) is 0 Å². The minimum atomic E-state index is 0.235. The first-order valence-corrected chi connectivity index (χ1v) is 5.02. The van der Waals surface area contributed by atoms with Gasteiger partial charge in [0.15, 0.2) is 0 Å². The molecule has 0 aliphatic heterocycles. The molecule has 1 aliphatic rings. The molecule has 2 rings (SSSR count). The molecule has 1 aromatic rings. The largest absolute Gasteiger partial charge is 0.324 e. The zero-order chi connectivity index (χ0) is 7.84. The molecule has 0 radical (unpaired) electrons. The summed E-state index contributed by atoms with van der Waals surface area (Å²) in [6.07, 6.45) is 2.57. The first-order valence-electron chi connectivity index (χ1n) is 3.77. The van der Waals surface area contributed by atoms with E-state index in [2.05, 4.69) is 5.38 Å². The van der Waals surface area contributed by atoms with Crippen molar-refractivity contribution in [3.8, 4) is 0 Å². The third kappa shape index (κ3) is 1.58. The number of hydrogen-bond donors (Lipinski definition) is 1. The Morgan fingerprint density at radius 2 is 2.36 bits per heavy atom. The van der Waals surface area contributed by atoms with Crippen LogP contribution >= 0.6 is 22.9 Å². The molecule has 1 fully saturated rings. The summed E-state index contributed by atoms with van der Waals surface area (Å²) in [5, 5.41) is 2.06. The average Bonchev–Trinajstić information content (AvgIpc) is 2.74. The van der Waals surface area contributed by atoms with Crippen molar-refractivity contribution in [1.82, 2.24) is 0 Å². The van der Waals surface area contributed by atoms with Crippen molar-refractivity contribution in [2.24, 2.45) is 11.7 Å². The van der Waals surface area contributed by atoms with E-state index in [1.165, 1.54) is 18.4 Å². The van der Waals surface area contributed by atoms with Crippen LogP contribution in [0.25, 0.3) is 0 Å². The van der Waals surface area contributed by atoms with Crippen LogP contribution in [0.4, 0.5) is 0 Å². The molecule has 1 nitrogen and oxygen atoms in total. The molecule has 1 atom stereocenters. The maximum Gasteiger partial charge on any atom is 0.0931 e. The Labute approximate surface area is 75.2 Å². The molecule has 3 heteroatoms. The molecule has 0 bridgehead atoms. The van der Waals surface area contributed by atoms with Gasteiger partial charge in [0, 0.05) is 6.04 Å². The van der Waals surface area contributed by atoms with Crippen molar-refractivity contribution < 1.29 is 0 Å². The molecule has 0 unspecified atom stereocenters. The van der Waals surface area contributed by atoms with Crippen LogP contribution in [0.15, 0.2) is 11.4 Å². The van der Waals surface area contributed by atoms with Gasteiger partial charge in [-0.05, 0) is 35.8 Å². The first kappa shape index (κ1) is 7.59. The summed E-state index contributed by atoms with van der Waals surface area (Å²) in [7, 11) is 0. The monoisotopic (exact) mass is 187 g/mol. The molecule has 1 aromatic heterocycles. The third-order valence-electron chi connectivity index (χ3n) is 2.10. The summed E-state index contributed by atoms with van der Waals surface area (Å²) < 4.78 is 0.844. The van der Waals surface area contributed by atoms with Gasteiger partial charge in [0.1, 0.15) is 0 Å². The minimum absolute atomic E-state index is 0.235. The molecule has 2 N–H and O–H groups in total. The lowest BCUT2D eigenvalue weighted by Gasteiger charge is -2.05. The van der Waals surface area contributed by atoms with E-state index in [9.17, 15) is 0 Å². The van der Waals surface area contributed by atoms with Crippen molar-refractivity contribution in [2.75, 3.05) is 0 Å². The zero-order valence-electron chi connectivity index (χ0n) is 6.09. The summed E-state index contributed by atoms with van der Waals surface area (Å²) in [6, 6.07) is 2.22. The fourth-order valence-electron chi connectivity index (χ4n) is 1.23. The number of halogens is 1. The summed E-state index contributed by atoms with van der Waals surface area (Å²) in [5.41, 5.74) is 7.17. The van der Waals surface area contributed by atoms with E-state index in [1.54, 1.807) is 11.3 Å². The van der Waals surface area contributed by atoms with Gasteiger partial charge >= 0.3 is 0 Å². The molecule has 60 valence electrons. The van der Waals surface area contributed by atoms with Crippen molar-refractivity contribution in [2.45, 2.75) is 18.9 Å². The van der Waals surface area contributed by atoms with Gasteiger partial charge in [0.2, 0.25) is 0 Å². The van der Waals surface area contributed by atoms with Gasteiger partial charge in [-0.1, -0.05) is 11.6 Å². The van der Waals surface area contributed by atoms with Gasteiger partial charge in [-0.2, -0.15) is 0 Å². The van der Waals surface area contributed by atoms with E-state index in [0.717, 1.165) is 10.3 Å². The van der Waals surface area contributed by atoms with E-state index >= 15 is 0 Å². The van der Waals surface area contributed by atoms with E-state index < -0.39 is 0 Å². The molecule has 0 saturated heterocycles. The predicted octanol–water partition coefficient (Wildman–Crippen LogP) is 2.81. The van der Waals surface area contributed by atoms with Crippen molar-refractivity contribution in [3.63, 3.8) is 0 Å². The Balaban J connectivity index is 2.14. The molecule has 1 aliphatic carbocycles. The van der Waals surface area contributed by atoms with Crippen LogP contribution in [0, 0.1) is 5.92 Å². The molecule has 0 aromatic carbocycles. The second-order valence-corrected chi connectivity index (χ2v) is 4.59. The van der Waals surface area contributed by atoms with Gasteiger partial charge in [-0.3, -0.25) is 0 Å². The first-order chi connectivity index (χ1) is 5.27. The van der Waals surface area contributed by atoms with Crippen molar-refractivity contribution >= 4 is 22.9 Å². The van der Waals surface area contributed by atoms with Crippen LogP contribution in [-0.4, -0.2) is 0 Å². The molecule has 11 heavy (non-hydrogen) atoms. The fraction of sp³-hybridized carbons (Fsp3) is 0.500. The Hall–Kier alpha value is -0.0500. The number of thiophene rings is 1. The van der Waals surface area contributed by atoms with E-state index in [0.29, 0.717) is 0 Å². The fourth-order valence-corrected chi connectivity index (χ4v) is 2.16. The van der Waals surface area contributed by atoms with Crippen LogP contribution < -0.4 is 5.73 Å². The van der Waals surface area contributed by atoms with Gasteiger partial charge in [0.25, 0.3) is 0 Å². The summed E-state index contributed by atoms with van der Waals surface area (Å²) >= 11 is 7.36. The van der Waals surface area contributed by atoms with Gasteiger partial charge in [0.05, 0.1) is 4.34 Å². The lowest BCUT2D eigenvalue weighted by Crippen LogP contribution is -2.10. The Morgan fingerprint density at radius 1 is 1.64 bits per heavy atom. The maximum atomic E-state index is 5.96. The maximum absolute atomic E-state index is 5.96. The summed E-state index contributed by atoms with van der Waals surface area (Å²) in [5.74, 6) is 0.723. The molecular weight excluding hydrogens is 178 g/mol. The van der Waals surface area contributed by atoms with Crippen molar-refractivity contribution in [1.29, 1.82) is 0 Å². The molecule has 1 saturated carbocycles. The quantitative estimate of drug-likeness (QED) is 0.757. The van der Waals surface area contributed by atoms with E-state index in [-0.39, 0.29) is 6.04 Å². The van der Waals surface area contributed by atoms with Crippen LogP contribution in [0.2, 0.25) is 4.34 Å². The highest BCUT2D eigenvalue weighted by Gasteiger charge is 2.29. The standard InChI is InChI=1S/C8H10ClNS/c9-7-3-6(4-11-7)8(10)5-1-2-5/h3-5,8H,1-2,10H2/t8-/m1/s1. The highest BCUT2D eigenvalue weighted by Crippen LogP contribution is 2.40. The number of nitrogens with two attached hydrogens (primary N) is 1. The third-order valence-corrected chi connectivity index (χ3v) is 3.21. The smallest absolute Gasteiger partial charge is 0.0931 e. The van der Waals surface area contributed by atoms with Crippen LogP contribution in [0.1, 0.15) is 24.4 Å². The predicted molar refractivity (Wildman–Crippen MR) is 49.0 cm³/mol. The van der Waals surface area contributed by atoms with Gasteiger partial charge in [-0.25, -0.2) is 0 Å². The van der Waals surface area contributed by atoms with E-state index in [1.807, 2.05) is 6.07 Å². The van der Waals surface area contributed by atoms with Crippen molar-refractivity contribution in [3.05, 3.63) is 21.3 Å². The molecule has 0 spiro atoms. The molecule has 1 heterocycles. The highest BCUT2D eigenvalue weighted by molar-refractivity contribution is 7.14. The second kappa shape index (κ2) is 2.77.